The maximum atomic E-state index is 9.81. The first-order valence-electron chi connectivity index (χ1n) is 5.62. The Morgan fingerprint density at radius 1 is 1.41 bits per heavy atom. The molecule has 0 fully saturated rings. The Kier molecular flexibility index (Phi) is 4.58. The van der Waals surface area contributed by atoms with E-state index < -0.39 is 6.10 Å². The van der Waals surface area contributed by atoms with Crippen molar-refractivity contribution >= 4 is 21.6 Å². The summed E-state index contributed by atoms with van der Waals surface area (Å²) < 4.78 is 0.937. The number of rotatable bonds is 4. The van der Waals surface area contributed by atoms with E-state index in [4.69, 9.17) is 0 Å². The van der Waals surface area contributed by atoms with Crippen molar-refractivity contribution in [3.05, 3.63) is 28.2 Å². The molecule has 17 heavy (non-hydrogen) atoms. The fourth-order valence-corrected chi connectivity index (χ4v) is 1.98. The molecule has 3 nitrogen and oxygen atoms in total. The van der Waals surface area contributed by atoms with Gasteiger partial charge in [0, 0.05) is 22.8 Å². The van der Waals surface area contributed by atoms with Gasteiger partial charge in [-0.1, -0.05) is 15.9 Å². The van der Waals surface area contributed by atoms with Crippen molar-refractivity contribution in [2.45, 2.75) is 32.4 Å². The third-order valence-corrected chi connectivity index (χ3v) is 3.59. The molecule has 1 aromatic carbocycles. The van der Waals surface area contributed by atoms with Gasteiger partial charge in [0.2, 0.25) is 0 Å². The SMILES string of the molecule is CC(O)c1cc(Br)ccc1N(C)C(C)(C)CO. The van der Waals surface area contributed by atoms with Crippen LogP contribution in [-0.4, -0.2) is 29.4 Å². The summed E-state index contributed by atoms with van der Waals surface area (Å²) in [6.45, 7) is 5.71. The third-order valence-electron chi connectivity index (χ3n) is 3.10. The molecule has 0 bridgehead atoms. The number of halogens is 1. The predicted molar refractivity (Wildman–Crippen MR) is 74.3 cm³/mol. The van der Waals surface area contributed by atoms with E-state index in [2.05, 4.69) is 15.9 Å². The molecule has 0 aliphatic carbocycles. The van der Waals surface area contributed by atoms with Crippen LogP contribution in [0.2, 0.25) is 0 Å². The molecule has 4 heteroatoms. The zero-order valence-corrected chi connectivity index (χ0v) is 12.3. The van der Waals surface area contributed by atoms with E-state index >= 15 is 0 Å². The third kappa shape index (κ3) is 3.21. The van der Waals surface area contributed by atoms with E-state index in [0.29, 0.717) is 0 Å². The normalized spacial score (nSPS) is 13.6. The van der Waals surface area contributed by atoms with E-state index in [1.165, 1.54) is 0 Å². The quantitative estimate of drug-likeness (QED) is 0.899. The van der Waals surface area contributed by atoms with E-state index in [0.717, 1.165) is 15.7 Å². The second kappa shape index (κ2) is 5.38. The Morgan fingerprint density at radius 3 is 2.47 bits per heavy atom. The fraction of sp³-hybridized carbons (Fsp3) is 0.538. The highest BCUT2D eigenvalue weighted by Crippen LogP contribution is 2.32. The Labute approximate surface area is 111 Å². The maximum Gasteiger partial charge on any atom is 0.0782 e. The largest absolute Gasteiger partial charge is 0.394 e. The molecule has 1 unspecified atom stereocenters. The second-order valence-corrected chi connectivity index (χ2v) is 5.82. The summed E-state index contributed by atoms with van der Waals surface area (Å²) in [4.78, 5) is 1.99. The Hall–Kier alpha value is -0.580. The van der Waals surface area contributed by atoms with Crippen LogP contribution in [0.15, 0.2) is 22.7 Å². The average molecular weight is 302 g/mol. The van der Waals surface area contributed by atoms with Crippen molar-refractivity contribution in [2.75, 3.05) is 18.6 Å². The van der Waals surface area contributed by atoms with Crippen LogP contribution in [0.4, 0.5) is 5.69 Å². The zero-order valence-electron chi connectivity index (χ0n) is 10.7. The minimum absolute atomic E-state index is 0.0544. The van der Waals surface area contributed by atoms with Gasteiger partial charge >= 0.3 is 0 Å². The lowest BCUT2D eigenvalue weighted by atomic mass is 10.0. The van der Waals surface area contributed by atoms with Crippen LogP contribution in [-0.2, 0) is 0 Å². The Bertz CT molecular complexity index is 391. The first kappa shape index (κ1) is 14.5. The lowest BCUT2D eigenvalue weighted by Gasteiger charge is -2.37. The molecule has 0 saturated heterocycles. The van der Waals surface area contributed by atoms with E-state index in [1.54, 1.807) is 6.92 Å². The smallest absolute Gasteiger partial charge is 0.0782 e. The molecule has 1 aromatic rings. The lowest BCUT2D eigenvalue weighted by Crippen LogP contribution is -2.44. The van der Waals surface area contributed by atoms with Crippen LogP contribution in [0.1, 0.15) is 32.4 Å². The minimum Gasteiger partial charge on any atom is -0.394 e. The molecule has 1 rings (SSSR count). The van der Waals surface area contributed by atoms with Gasteiger partial charge in [-0.05, 0) is 39.0 Å². The molecule has 2 N–H and O–H groups in total. The summed E-state index contributed by atoms with van der Waals surface area (Å²) in [6.07, 6.45) is -0.542. The van der Waals surface area contributed by atoms with E-state index in [1.807, 2.05) is 44.0 Å². The van der Waals surface area contributed by atoms with Crippen LogP contribution in [0.5, 0.6) is 0 Å². The van der Waals surface area contributed by atoms with Crippen molar-refractivity contribution in [3.63, 3.8) is 0 Å². The first-order valence-corrected chi connectivity index (χ1v) is 6.41. The number of aliphatic hydroxyl groups excluding tert-OH is 2. The summed E-state index contributed by atoms with van der Waals surface area (Å²) >= 11 is 3.40. The average Bonchev–Trinajstić information content (AvgIpc) is 2.28. The van der Waals surface area contributed by atoms with Crippen molar-refractivity contribution in [3.8, 4) is 0 Å². The van der Waals surface area contributed by atoms with Gasteiger partial charge in [0.05, 0.1) is 18.2 Å². The van der Waals surface area contributed by atoms with Gasteiger partial charge in [-0.3, -0.25) is 0 Å². The summed E-state index contributed by atoms with van der Waals surface area (Å²) in [5, 5.41) is 19.2. The summed E-state index contributed by atoms with van der Waals surface area (Å²) in [5.74, 6) is 0. The number of aliphatic hydroxyl groups is 2. The van der Waals surface area contributed by atoms with Gasteiger partial charge in [0.25, 0.3) is 0 Å². The maximum absolute atomic E-state index is 9.81. The van der Waals surface area contributed by atoms with Gasteiger partial charge < -0.3 is 15.1 Å². The van der Waals surface area contributed by atoms with Crippen molar-refractivity contribution in [1.29, 1.82) is 0 Å². The molecule has 0 heterocycles. The standard InChI is InChI=1S/C13H20BrNO2/c1-9(17)11-7-10(14)5-6-12(11)15(4)13(2,3)8-16/h5-7,9,16-17H,8H2,1-4H3. The van der Waals surface area contributed by atoms with Gasteiger partial charge in [0.1, 0.15) is 0 Å². The number of hydrogen-bond donors (Lipinski definition) is 2. The van der Waals surface area contributed by atoms with Gasteiger partial charge in [-0.25, -0.2) is 0 Å². The summed E-state index contributed by atoms with van der Waals surface area (Å²) in [6, 6.07) is 5.79. The van der Waals surface area contributed by atoms with E-state index in [9.17, 15) is 10.2 Å². The Morgan fingerprint density at radius 2 is 2.00 bits per heavy atom. The van der Waals surface area contributed by atoms with Crippen LogP contribution in [0, 0.1) is 0 Å². The fourth-order valence-electron chi connectivity index (χ4n) is 1.60. The molecule has 0 aromatic heterocycles. The van der Waals surface area contributed by atoms with Gasteiger partial charge in [-0.15, -0.1) is 0 Å². The van der Waals surface area contributed by atoms with Crippen molar-refractivity contribution in [1.82, 2.24) is 0 Å². The Balaban J connectivity index is 3.22. The van der Waals surface area contributed by atoms with Crippen LogP contribution >= 0.6 is 15.9 Å². The summed E-state index contributed by atoms with van der Waals surface area (Å²) in [7, 11) is 1.92. The monoisotopic (exact) mass is 301 g/mol. The number of nitrogens with zero attached hydrogens (tertiary/aromatic N) is 1. The molecule has 96 valence electrons. The highest BCUT2D eigenvalue weighted by Gasteiger charge is 2.25. The zero-order chi connectivity index (χ0) is 13.2. The molecule has 0 spiro atoms. The molecule has 1 atom stereocenters. The predicted octanol–water partition coefficient (Wildman–Crippen LogP) is 2.71. The second-order valence-electron chi connectivity index (χ2n) is 4.91. The van der Waals surface area contributed by atoms with Crippen molar-refractivity contribution < 1.29 is 10.2 Å². The van der Waals surface area contributed by atoms with E-state index in [-0.39, 0.29) is 12.1 Å². The molecule has 0 aliphatic heterocycles. The number of hydrogen-bond acceptors (Lipinski definition) is 3. The van der Waals surface area contributed by atoms with Crippen LogP contribution in [0.25, 0.3) is 0 Å². The number of benzene rings is 1. The molecular formula is C13H20BrNO2. The molecule has 0 aliphatic rings. The van der Waals surface area contributed by atoms with Gasteiger partial charge in [-0.2, -0.15) is 0 Å². The van der Waals surface area contributed by atoms with Crippen LogP contribution in [0.3, 0.4) is 0 Å². The molecule has 0 radical (unpaired) electrons. The summed E-state index contributed by atoms with van der Waals surface area (Å²) in [5.41, 5.74) is 1.42. The van der Waals surface area contributed by atoms with Crippen LogP contribution < -0.4 is 4.90 Å². The van der Waals surface area contributed by atoms with Crippen molar-refractivity contribution in [2.24, 2.45) is 0 Å². The molecule has 0 saturated carbocycles. The molecule has 0 amide bonds. The molecular weight excluding hydrogens is 282 g/mol. The highest BCUT2D eigenvalue weighted by molar-refractivity contribution is 9.10. The van der Waals surface area contributed by atoms with Gasteiger partial charge in [0.15, 0.2) is 0 Å². The lowest BCUT2D eigenvalue weighted by molar-refractivity contribution is 0.196. The number of anilines is 1. The minimum atomic E-state index is -0.542. The topological polar surface area (TPSA) is 43.7 Å². The number of likely N-dealkylation sites (N-methyl/N-ethyl adjacent to an activating group) is 1. The first-order chi connectivity index (χ1) is 7.79. The highest BCUT2D eigenvalue weighted by atomic mass is 79.9.